The number of nitriles is 2. The van der Waals surface area contributed by atoms with E-state index in [0.717, 1.165) is 11.1 Å². The van der Waals surface area contributed by atoms with E-state index < -0.39 is 0 Å². The molecule has 19 heavy (non-hydrogen) atoms. The molecular formula is C15H8N4. The van der Waals surface area contributed by atoms with Gasteiger partial charge in [0.2, 0.25) is 0 Å². The van der Waals surface area contributed by atoms with E-state index >= 15 is 0 Å². The average Bonchev–Trinajstić information content (AvgIpc) is 2.81. The summed E-state index contributed by atoms with van der Waals surface area (Å²) >= 11 is 0. The zero-order chi connectivity index (χ0) is 13.2. The van der Waals surface area contributed by atoms with Crippen LogP contribution in [0.4, 0.5) is 0 Å². The van der Waals surface area contributed by atoms with Gasteiger partial charge in [-0.05, 0) is 24.3 Å². The SMILES string of the molecule is N#Cc1c(C#N)c2ccccn2c1-c1cccnc1. The van der Waals surface area contributed by atoms with E-state index in [4.69, 9.17) is 0 Å². The normalized spacial score (nSPS) is 10.0. The Balaban J connectivity index is 2.49. The van der Waals surface area contributed by atoms with Gasteiger partial charge >= 0.3 is 0 Å². The zero-order valence-electron chi connectivity index (χ0n) is 9.91. The first-order chi connectivity index (χ1) is 9.36. The number of rotatable bonds is 1. The van der Waals surface area contributed by atoms with Crippen LogP contribution < -0.4 is 0 Å². The Morgan fingerprint density at radius 1 is 1.00 bits per heavy atom. The van der Waals surface area contributed by atoms with Gasteiger partial charge in [0.15, 0.2) is 0 Å². The Labute approximate surface area is 109 Å². The molecule has 0 aromatic carbocycles. The fourth-order valence-corrected chi connectivity index (χ4v) is 2.22. The van der Waals surface area contributed by atoms with Crippen LogP contribution >= 0.6 is 0 Å². The number of nitrogens with zero attached hydrogens (tertiary/aromatic N) is 4. The highest BCUT2D eigenvalue weighted by atomic mass is 14.9. The molecule has 4 nitrogen and oxygen atoms in total. The third-order valence-corrected chi connectivity index (χ3v) is 3.00. The molecule has 0 atom stereocenters. The molecule has 0 spiro atoms. The van der Waals surface area contributed by atoms with Gasteiger partial charge in [-0.2, -0.15) is 10.5 Å². The van der Waals surface area contributed by atoms with Gasteiger partial charge in [0.1, 0.15) is 12.1 Å². The second kappa shape index (κ2) is 4.29. The highest BCUT2D eigenvalue weighted by Crippen LogP contribution is 2.30. The van der Waals surface area contributed by atoms with Crippen molar-refractivity contribution < 1.29 is 0 Å². The standard InChI is InChI=1S/C15H8N4/c16-8-12-13(9-17)15(11-4-3-6-18-10-11)19-7-2-1-5-14(12)19/h1-7,10H. The fourth-order valence-electron chi connectivity index (χ4n) is 2.22. The van der Waals surface area contributed by atoms with E-state index in [1.807, 2.05) is 40.9 Å². The number of aromatic nitrogens is 2. The topological polar surface area (TPSA) is 64.9 Å². The Kier molecular flexibility index (Phi) is 2.48. The summed E-state index contributed by atoms with van der Waals surface area (Å²) < 4.78 is 1.86. The first-order valence-corrected chi connectivity index (χ1v) is 5.70. The van der Waals surface area contributed by atoms with Crippen molar-refractivity contribution >= 4 is 5.52 Å². The fraction of sp³-hybridized carbons (Fsp3) is 0. The smallest absolute Gasteiger partial charge is 0.103 e. The predicted molar refractivity (Wildman–Crippen MR) is 70.1 cm³/mol. The summed E-state index contributed by atoms with van der Waals surface area (Å²) in [6.07, 6.45) is 5.21. The van der Waals surface area contributed by atoms with Crippen LogP contribution in [0, 0.1) is 22.7 Å². The lowest BCUT2D eigenvalue weighted by Crippen LogP contribution is -1.89. The van der Waals surface area contributed by atoms with Gasteiger partial charge in [0, 0.05) is 24.2 Å². The highest BCUT2D eigenvalue weighted by Gasteiger charge is 2.18. The van der Waals surface area contributed by atoms with Crippen LogP contribution in [0.3, 0.4) is 0 Å². The average molecular weight is 244 g/mol. The monoisotopic (exact) mass is 244 g/mol. The van der Waals surface area contributed by atoms with Crippen molar-refractivity contribution in [2.24, 2.45) is 0 Å². The highest BCUT2D eigenvalue weighted by molar-refractivity contribution is 5.81. The molecule has 88 valence electrons. The molecule has 0 aliphatic rings. The van der Waals surface area contributed by atoms with E-state index in [0.29, 0.717) is 16.8 Å². The maximum Gasteiger partial charge on any atom is 0.103 e. The van der Waals surface area contributed by atoms with Gasteiger partial charge in [-0.1, -0.05) is 6.07 Å². The Morgan fingerprint density at radius 2 is 1.84 bits per heavy atom. The summed E-state index contributed by atoms with van der Waals surface area (Å²) in [7, 11) is 0. The number of fused-ring (bicyclic) bond motifs is 1. The molecule has 0 bridgehead atoms. The van der Waals surface area contributed by atoms with Crippen molar-refractivity contribution in [1.82, 2.24) is 9.38 Å². The van der Waals surface area contributed by atoms with Crippen molar-refractivity contribution in [3.63, 3.8) is 0 Å². The lowest BCUT2D eigenvalue weighted by atomic mass is 10.1. The van der Waals surface area contributed by atoms with Crippen LogP contribution in [-0.2, 0) is 0 Å². The molecule has 0 aliphatic heterocycles. The van der Waals surface area contributed by atoms with Crippen molar-refractivity contribution in [3.8, 4) is 23.4 Å². The van der Waals surface area contributed by atoms with Crippen molar-refractivity contribution in [2.75, 3.05) is 0 Å². The van der Waals surface area contributed by atoms with Gasteiger partial charge in [-0.25, -0.2) is 0 Å². The van der Waals surface area contributed by atoms with E-state index in [-0.39, 0.29) is 0 Å². The predicted octanol–water partition coefficient (Wildman–Crippen LogP) is 2.74. The molecule has 3 heterocycles. The van der Waals surface area contributed by atoms with Gasteiger partial charge in [-0.3, -0.25) is 4.98 Å². The number of hydrogen-bond donors (Lipinski definition) is 0. The zero-order valence-corrected chi connectivity index (χ0v) is 9.91. The van der Waals surface area contributed by atoms with Crippen molar-refractivity contribution in [3.05, 3.63) is 60.0 Å². The Hall–Kier alpha value is -3.11. The molecule has 0 fully saturated rings. The molecule has 0 saturated carbocycles. The third-order valence-electron chi connectivity index (χ3n) is 3.00. The summed E-state index contributed by atoms with van der Waals surface area (Å²) in [5, 5.41) is 18.6. The van der Waals surface area contributed by atoms with Crippen LogP contribution in [0.25, 0.3) is 16.8 Å². The summed E-state index contributed by atoms with van der Waals surface area (Å²) in [6.45, 7) is 0. The minimum Gasteiger partial charge on any atom is -0.314 e. The van der Waals surface area contributed by atoms with Gasteiger partial charge in [0.05, 0.1) is 22.3 Å². The van der Waals surface area contributed by atoms with Gasteiger partial charge < -0.3 is 4.40 Å². The molecule has 4 heteroatoms. The Bertz CT molecular complexity index is 832. The number of hydrogen-bond acceptors (Lipinski definition) is 3. The molecule has 3 aromatic heterocycles. The third kappa shape index (κ3) is 1.55. The summed E-state index contributed by atoms with van der Waals surface area (Å²) in [4.78, 5) is 4.07. The number of pyridine rings is 2. The maximum atomic E-state index is 9.36. The van der Waals surface area contributed by atoms with E-state index in [9.17, 15) is 10.5 Å². The first-order valence-electron chi connectivity index (χ1n) is 5.70. The van der Waals surface area contributed by atoms with Crippen LogP contribution in [0.2, 0.25) is 0 Å². The molecule has 3 rings (SSSR count). The van der Waals surface area contributed by atoms with Crippen LogP contribution in [0.15, 0.2) is 48.9 Å². The lowest BCUT2D eigenvalue weighted by molar-refractivity contribution is 1.19. The minimum atomic E-state index is 0.390. The molecule has 0 aliphatic carbocycles. The molecule has 0 radical (unpaired) electrons. The van der Waals surface area contributed by atoms with Crippen LogP contribution in [-0.4, -0.2) is 9.38 Å². The van der Waals surface area contributed by atoms with Gasteiger partial charge in [0.25, 0.3) is 0 Å². The van der Waals surface area contributed by atoms with Crippen LogP contribution in [0.5, 0.6) is 0 Å². The maximum absolute atomic E-state index is 9.36. The van der Waals surface area contributed by atoms with Crippen LogP contribution in [0.1, 0.15) is 11.1 Å². The van der Waals surface area contributed by atoms with E-state index in [1.165, 1.54) is 0 Å². The molecule has 0 unspecified atom stereocenters. The second-order valence-electron chi connectivity index (χ2n) is 4.02. The minimum absolute atomic E-state index is 0.390. The summed E-state index contributed by atoms with van der Waals surface area (Å²) in [5.41, 5.74) is 3.06. The van der Waals surface area contributed by atoms with E-state index in [1.54, 1.807) is 12.4 Å². The molecule has 0 amide bonds. The van der Waals surface area contributed by atoms with Crippen molar-refractivity contribution in [2.45, 2.75) is 0 Å². The largest absolute Gasteiger partial charge is 0.314 e. The summed E-state index contributed by atoms with van der Waals surface area (Å²) in [5.74, 6) is 0. The van der Waals surface area contributed by atoms with Gasteiger partial charge in [-0.15, -0.1) is 0 Å². The summed E-state index contributed by atoms with van der Waals surface area (Å²) in [6, 6.07) is 13.5. The van der Waals surface area contributed by atoms with E-state index in [2.05, 4.69) is 17.1 Å². The second-order valence-corrected chi connectivity index (χ2v) is 4.02. The van der Waals surface area contributed by atoms with Crippen molar-refractivity contribution in [1.29, 1.82) is 10.5 Å². The Morgan fingerprint density at radius 3 is 2.53 bits per heavy atom. The molecule has 0 saturated heterocycles. The quantitative estimate of drug-likeness (QED) is 0.661. The molecule has 0 N–H and O–H groups in total. The molecule has 3 aromatic rings. The molecular weight excluding hydrogens is 236 g/mol. The first kappa shape index (κ1) is 11.0. The lowest BCUT2D eigenvalue weighted by Gasteiger charge is -2.02.